The summed E-state index contributed by atoms with van der Waals surface area (Å²) in [5.74, 6) is 0.00321. The molecule has 4 nitrogen and oxygen atoms in total. The molecule has 1 aliphatic carbocycles. The number of thiophene rings is 1. The molecule has 0 saturated heterocycles. The second-order valence-electron chi connectivity index (χ2n) is 6.08. The molecule has 0 atom stereocenters. The molecule has 0 amide bonds. The molecule has 0 bridgehead atoms. The fourth-order valence-corrected chi connectivity index (χ4v) is 5.21. The van der Waals surface area contributed by atoms with Gasteiger partial charge in [-0.2, -0.15) is 0 Å². The predicted molar refractivity (Wildman–Crippen MR) is 89.5 cm³/mol. The smallest absolute Gasteiger partial charge is 0.229 e. The van der Waals surface area contributed by atoms with Gasteiger partial charge >= 0.3 is 0 Å². The number of fused-ring (bicyclic) bond motifs is 1. The third-order valence-corrected chi connectivity index (χ3v) is 6.66. The van der Waals surface area contributed by atoms with Crippen LogP contribution in [0.4, 0.5) is 4.39 Å². The highest BCUT2D eigenvalue weighted by Gasteiger charge is 2.36. The lowest BCUT2D eigenvalue weighted by molar-refractivity contribution is 0.276. The highest BCUT2D eigenvalue weighted by atomic mass is 32.2. The Bertz CT molecular complexity index is 705. The zero-order valence-corrected chi connectivity index (χ0v) is 16.2. The summed E-state index contributed by atoms with van der Waals surface area (Å²) in [6, 6.07) is 0. The third kappa shape index (κ3) is 3.55. The van der Waals surface area contributed by atoms with E-state index >= 15 is 0 Å². The Labute approximate surface area is 136 Å². The first-order chi connectivity index (χ1) is 10.1. The van der Waals surface area contributed by atoms with Crippen molar-refractivity contribution in [2.24, 2.45) is 5.92 Å². The predicted octanol–water partition coefficient (Wildman–Crippen LogP) is 3.38. The molecule has 8 heteroatoms. The molecule has 0 N–H and O–H groups in total. The van der Waals surface area contributed by atoms with Gasteiger partial charge in [-0.15, -0.1) is 0 Å². The van der Waals surface area contributed by atoms with Gasteiger partial charge in [-0.3, -0.25) is 0 Å². The van der Waals surface area contributed by atoms with E-state index in [1.165, 1.54) is 0 Å². The SMILES string of the molecule is CC(C)COc1sc(S(C)(=O)=O)c2c1CC(F)=C2O[SiH](C)C. The average molecular weight is 365 g/mol. The van der Waals surface area contributed by atoms with Crippen molar-refractivity contribution in [1.82, 2.24) is 0 Å². The Morgan fingerprint density at radius 2 is 2.00 bits per heavy atom. The minimum Gasteiger partial charge on any atom is -0.545 e. The number of ether oxygens (including phenoxy) is 1. The van der Waals surface area contributed by atoms with Gasteiger partial charge in [-0.25, -0.2) is 12.8 Å². The maximum absolute atomic E-state index is 14.3. The van der Waals surface area contributed by atoms with E-state index in [4.69, 9.17) is 9.16 Å². The van der Waals surface area contributed by atoms with Crippen molar-refractivity contribution in [3.63, 3.8) is 0 Å². The van der Waals surface area contributed by atoms with Gasteiger partial charge < -0.3 is 9.16 Å². The summed E-state index contributed by atoms with van der Waals surface area (Å²) in [5.41, 5.74) is 0.984. The average Bonchev–Trinajstić information content (AvgIpc) is 2.84. The Balaban J connectivity index is 2.51. The van der Waals surface area contributed by atoms with Gasteiger partial charge in [0.05, 0.1) is 12.2 Å². The van der Waals surface area contributed by atoms with Crippen molar-refractivity contribution in [2.45, 2.75) is 37.6 Å². The van der Waals surface area contributed by atoms with Gasteiger partial charge in [0.25, 0.3) is 0 Å². The number of halogens is 1. The molecule has 1 aromatic heterocycles. The van der Waals surface area contributed by atoms with Gasteiger partial charge in [0.1, 0.15) is 15.8 Å². The molecule has 0 unspecified atom stereocenters. The van der Waals surface area contributed by atoms with E-state index in [-0.39, 0.29) is 16.4 Å². The van der Waals surface area contributed by atoms with E-state index in [0.29, 0.717) is 28.7 Å². The summed E-state index contributed by atoms with van der Waals surface area (Å²) in [6.07, 6.45) is 1.18. The van der Waals surface area contributed by atoms with Crippen LogP contribution in [0.1, 0.15) is 25.0 Å². The fourth-order valence-electron chi connectivity index (χ4n) is 2.16. The number of hydrogen-bond acceptors (Lipinski definition) is 5. The highest BCUT2D eigenvalue weighted by Crippen LogP contribution is 2.49. The Kier molecular flexibility index (Phi) is 5.03. The van der Waals surface area contributed by atoms with Crippen molar-refractivity contribution in [3.8, 4) is 5.06 Å². The Morgan fingerprint density at radius 1 is 1.36 bits per heavy atom. The lowest BCUT2D eigenvalue weighted by atomic mass is 10.2. The van der Waals surface area contributed by atoms with E-state index < -0.39 is 24.7 Å². The van der Waals surface area contributed by atoms with Crippen LogP contribution in [0.5, 0.6) is 5.06 Å². The van der Waals surface area contributed by atoms with Crippen LogP contribution in [0.2, 0.25) is 13.1 Å². The largest absolute Gasteiger partial charge is 0.545 e. The topological polar surface area (TPSA) is 52.6 Å². The van der Waals surface area contributed by atoms with Crippen molar-refractivity contribution in [2.75, 3.05) is 12.9 Å². The summed E-state index contributed by atoms with van der Waals surface area (Å²) < 4.78 is 49.8. The summed E-state index contributed by atoms with van der Waals surface area (Å²) >= 11 is 1.07. The normalized spacial score (nSPS) is 14.9. The molecule has 0 aromatic carbocycles. The fraction of sp³-hybridized carbons (Fsp3) is 0.571. The summed E-state index contributed by atoms with van der Waals surface area (Å²) in [7, 11) is -5.01. The lowest BCUT2D eigenvalue weighted by Gasteiger charge is -2.11. The van der Waals surface area contributed by atoms with Crippen LogP contribution < -0.4 is 4.74 Å². The van der Waals surface area contributed by atoms with Gasteiger partial charge in [0.15, 0.2) is 14.9 Å². The molecule has 0 saturated carbocycles. The van der Waals surface area contributed by atoms with Crippen LogP contribution in [-0.4, -0.2) is 30.3 Å². The van der Waals surface area contributed by atoms with Crippen LogP contribution in [0, 0.1) is 5.92 Å². The first kappa shape index (κ1) is 17.5. The number of sulfone groups is 1. The summed E-state index contributed by atoms with van der Waals surface area (Å²) in [5, 5.41) is 0.489. The standard InChI is InChI=1S/C14H21FO4S2Si/c1-8(2)7-18-13-9-6-10(15)12(19-22(4)5)11(9)14(20-13)21(3,16)17/h8,22H,6-7H2,1-5H3. The minimum absolute atomic E-state index is 0.0469. The molecule has 1 aromatic rings. The molecular weight excluding hydrogens is 343 g/mol. The zero-order chi connectivity index (χ0) is 16.7. The lowest BCUT2D eigenvalue weighted by Crippen LogP contribution is -2.08. The second kappa shape index (κ2) is 6.33. The van der Waals surface area contributed by atoms with E-state index in [2.05, 4.69) is 0 Å². The van der Waals surface area contributed by atoms with Crippen LogP contribution in [0.15, 0.2) is 10.0 Å². The quantitative estimate of drug-likeness (QED) is 0.726. The van der Waals surface area contributed by atoms with E-state index in [1.54, 1.807) is 0 Å². The van der Waals surface area contributed by atoms with Crippen LogP contribution in [-0.2, 0) is 20.7 Å². The van der Waals surface area contributed by atoms with Crippen molar-refractivity contribution < 1.29 is 22.0 Å². The molecule has 124 valence electrons. The van der Waals surface area contributed by atoms with Crippen molar-refractivity contribution >= 4 is 36.0 Å². The van der Waals surface area contributed by atoms with Gasteiger partial charge in [0, 0.05) is 18.2 Å². The van der Waals surface area contributed by atoms with Crippen molar-refractivity contribution in [3.05, 3.63) is 17.0 Å². The van der Waals surface area contributed by atoms with Crippen LogP contribution in [0.25, 0.3) is 5.76 Å². The third-order valence-electron chi connectivity index (χ3n) is 2.98. The monoisotopic (exact) mass is 364 g/mol. The molecule has 22 heavy (non-hydrogen) atoms. The summed E-state index contributed by atoms with van der Waals surface area (Å²) in [6.45, 7) is 8.31. The molecule has 0 aliphatic heterocycles. The number of hydrogen-bond donors (Lipinski definition) is 0. The van der Waals surface area contributed by atoms with Crippen LogP contribution in [0.3, 0.4) is 0 Å². The van der Waals surface area contributed by atoms with Crippen LogP contribution >= 0.6 is 11.3 Å². The van der Waals surface area contributed by atoms with Gasteiger partial charge in [-0.05, 0) is 19.0 Å². The molecule has 0 fully saturated rings. The van der Waals surface area contributed by atoms with E-state index in [9.17, 15) is 12.8 Å². The maximum Gasteiger partial charge on any atom is 0.229 e. The minimum atomic E-state index is -3.46. The summed E-state index contributed by atoms with van der Waals surface area (Å²) in [4.78, 5) is 0. The molecule has 0 radical (unpaired) electrons. The van der Waals surface area contributed by atoms with E-state index in [0.717, 1.165) is 17.6 Å². The Morgan fingerprint density at radius 3 is 2.50 bits per heavy atom. The van der Waals surface area contributed by atoms with Gasteiger partial charge in [-0.1, -0.05) is 25.2 Å². The number of rotatable bonds is 6. The van der Waals surface area contributed by atoms with Gasteiger partial charge in [0.2, 0.25) is 9.04 Å². The first-order valence-corrected chi connectivity index (χ1v) is 12.6. The molecule has 1 aliphatic rings. The molecule has 1 heterocycles. The molecule has 2 rings (SSSR count). The number of allylic oxidation sites excluding steroid dienone is 1. The second-order valence-corrected chi connectivity index (χ2v) is 11.6. The van der Waals surface area contributed by atoms with Crippen molar-refractivity contribution in [1.29, 1.82) is 0 Å². The first-order valence-electron chi connectivity index (χ1n) is 7.15. The Hall–Kier alpha value is -0.863. The maximum atomic E-state index is 14.3. The molecular formula is C14H21FO4S2Si. The molecule has 0 spiro atoms. The zero-order valence-electron chi connectivity index (χ0n) is 13.4. The van der Waals surface area contributed by atoms with E-state index in [1.807, 2.05) is 26.9 Å². The highest BCUT2D eigenvalue weighted by molar-refractivity contribution is 7.92.